The van der Waals surface area contributed by atoms with Crippen molar-refractivity contribution in [2.75, 3.05) is 86.8 Å². The topological polar surface area (TPSA) is 154 Å². The first-order valence-corrected chi connectivity index (χ1v) is 26.7. The average molecular weight is 1010 g/mol. The minimum atomic E-state index is -1.30. The quantitative estimate of drug-likeness (QED) is 0.0249. The van der Waals surface area contributed by atoms with Gasteiger partial charge in [0.05, 0.1) is 79.2 Å². The van der Waals surface area contributed by atoms with Crippen LogP contribution in [0.25, 0.3) is 0 Å². The Kier molecular flexibility index (Phi) is 27.3. The monoisotopic (exact) mass is 1010 g/mol. The number of unbranched alkanes of at least 4 members (excludes halogenated alkanes) is 1. The smallest absolute Gasteiger partial charge is 0.302 e. The van der Waals surface area contributed by atoms with Crippen LogP contribution in [0.4, 0.5) is 0 Å². The third-order valence-electron chi connectivity index (χ3n) is 12.7. The zero-order valence-electron chi connectivity index (χ0n) is 44.5. The molecule has 1 saturated heterocycles. The van der Waals surface area contributed by atoms with Crippen molar-refractivity contribution in [1.82, 2.24) is 15.3 Å². The fourth-order valence-electron chi connectivity index (χ4n) is 8.77. The maximum absolute atomic E-state index is 12.0. The largest absolute Gasteiger partial charge is 0.497 e. The first-order chi connectivity index (χ1) is 34.2. The number of carbonyl (C=O) groups excluding carboxylic acids is 2. The van der Waals surface area contributed by atoms with E-state index >= 15 is 0 Å². The molecule has 0 radical (unpaired) electrons. The van der Waals surface area contributed by atoms with Crippen LogP contribution in [-0.2, 0) is 52.7 Å². The minimum Gasteiger partial charge on any atom is -0.497 e. The van der Waals surface area contributed by atoms with Gasteiger partial charge in [-0.2, -0.15) is 0 Å². The molecule has 1 aliphatic rings. The van der Waals surface area contributed by atoms with Crippen LogP contribution < -0.4 is 20.1 Å². The molecule has 0 bridgehead atoms. The van der Waals surface area contributed by atoms with Gasteiger partial charge < -0.3 is 57.6 Å². The van der Waals surface area contributed by atoms with Gasteiger partial charge in [0.15, 0.2) is 6.29 Å². The molecule has 1 fully saturated rings. The van der Waals surface area contributed by atoms with E-state index in [2.05, 4.69) is 98.5 Å². The van der Waals surface area contributed by atoms with E-state index in [1.807, 2.05) is 44.2 Å². The van der Waals surface area contributed by atoms with E-state index in [-0.39, 0.29) is 67.1 Å². The number of nitrogens with zero attached hydrogens (tertiary/aromatic N) is 1. The second-order valence-electron chi connectivity index (χ2n) is 18.7. The molecular formula is C55H86N3O12P. The first kappa shape index (κ1) is 59.8. The lowest BCUT2D eigenvalue weighted by Crippen LogP contribution is -2.58. The van der Waals surface area contributed by atoms with Crippen LogP contribution in [0, 0.1) is 17.8 Å². The van der Waals surface area contributed by atoms with Crippen molar-refractivity contribution in [3.63, 3.8) is 0 Å². The number of carbonyl (C=O) groups is 2. The third kappa shape index (κ3) is 19.2. The number of methoxy groups -OCH3 is 2. The molecule has 15 nitrogen and oxygen atoms in total. The van der Waals surface area contributed by atoms with E-state index < -0.39 is 20.4 Å². The summed E-state index contributed by atoms with van der Waals surface area (Å²) in [6.07, 6.45) is 2.71. The van der Waals surface area contributed by atoms with E-state index in [1.54, 1.807) is 14.2 Å². The highest BCUT2D eigenvalue weighted by molar-refractivity contribution is 7.44. The predicted octanol–water partition coefficient (Wildman–Crippen LogP) is 9.29. The summed E-state index contributed by atoms with van der Waals surface area (Å²) in [6, 6.07) is 26.9. The Morgan fingerprint density at radius 3 is 1.87 bits per heavy atom. The molecule has 0 spiro atoms. The Hall–Kier alpha value is -3.73. The first-order valence-electron chi connectivity index (χ1n) is 25.6. The Balaban J connectivity index is 1.33. The summed E-state index contributed by atoms with van der Waals surface area (Å²) >= 11 is 0. The van der Waals surface area contributed by atoms with Crippen LogP contribution in [0.1, 0.15) is 105 Å². The molecule has 0 aliphatic carbocycles. The predicted molar refractivity (Wildman–Crippen MR) is 279 cm³/mol. The maximum atomic E-state index is 12.0. The van der Waals surface area contributed by atoms with Crippen LogP contribution >= 0.6 is 8.53 Å². The molecule has 1 heterocycles. The number of ether oxygens (including phenoxy) is 8. The summed E-state index contributed by atoms with van der Waals surface area (Å²) in [5.41, 5.74) is 2.05. The van der Waals surface area contributed by atoms with Gasteiger partial charge in [-0.25, -0.2) is 4.67 Å². The third-order valence-corrected chi connectivity index (χ3v) is 14.8. The van der Waals surface area contributed by atoms with Crippen LogP contribution in [0.2, 0.25) is 0 Å². The number of rotatable bonds is 35. The Morgan fingerprint density at radius 1 is 0.718 bits per heavy atom. The summed E-state index contributed by atoms with van der Waals surface area (Å²) in [6.45, 7) is 23.1. The van der Waals surface area contributed by atoms with Gasteiger partial charge in [-0.3, -0.25) is 9.59 Å². The Morgan fingerprint density at radius 2 is 1.31 bits per heavy atom. The molecule has 7 unspecified atom stereocenters. The SMILES string of the molecule is CCCOP(OCC(CCCCNCCOCCOCCOC1OC(COC(C)=O)C(C)C(C)C1NC(C)=O)COC(c1ccccc1)(c1ccc(OC)cc1)c1ccc(OC)cc1)N(C(C)C)C(C)C. The van der Waals surface area contributed by atoms with Crippen LogP contribution in [0.5, 0.6) is 11.5 Å². The van der Waals surface area contributed by atoms with Crippen molar-refractivity contribution >= 4 is 20.4 Å². The number of hydrogen-bond acceptors (Lipinski definition) is 14. The summed E-state index contributed by atoms with van der Waals surface area (Å²) in [5.74, 6) is 1.15. The molecule has 1 aliphatic heterocycles. The highest BCUT2D eigenvalue weighted by Crippen LogP contribution is 2.47. The fraction of sp³-hybridized carbons (Fsp3) is 0.636. The average Bonchev–Trinajstić information content (AvgIpc) is 3.36. The number of benzene rings is 3. The van der Waals surface area contributed by atoms with Crippen molar-refractivity contribution < 1.29 is 56.5 Å². The molecule has 4 rings (SSSR count). The molecule has 0 saturated carbocycles. The molecule has 2 N–H and O–H groups in total. The molecular weight excluding hydrogens is 926 g/mol. The van der Waals surface area contributed by atoms with Gasteiger partial charge in [0.2, 0.25) is 5.91 Å². The van der Waals surface area contributed by atoms with Gasteiger partial charge in [-0.1, -0.05) is 81.8 Å². The minimum absolute atomic E-state index is 0.0382. The fourth-order valence-corrected chi connectivity index (χ4v) is 10.5. The van der Waals surface area contributed by atoms with E-state index in [0.717, 1.165) is 67.0 Å². The van der Waals surface area contributed by atoms with Gasteiger partial charge in [0.1, 0.15) is 23.7 Å². The van der Waals surface area contributed by atoms with Gasteiger partial charge >= 0.3 is 5.97 Å². The lowest BCUT2D eigenvalue weighted by atomic mass is 9.79. The van der Waals surface area contributed by atoms with Crippen molar-refractivity contribution in [3.05, 3.63) is 95.6 Å². The van der Waals surface area contributed by atoms with Crippen LogP contribution in [-0.4, -0.2) is 134 Å². The normalized spacial score (nSPS) is 19.2. The molecule has 0 aromatic heterocycles. The Labute approximate surface area is 426 Å². The molecule has 398 valence electrons. The van der Waals surface area contributed by atoms with Crippen LogP contribution in [0.15, 0.2) is 78.9 Å². The summed E-state index contributed by atoms with van der Waals surface area (Å²) < 4.78 is 63.3. The number of hydrogen-bond donors (Lipinski definition) is 2. The van der Waals surface area contributed by atoms with Crippen molar-refractivity contribution in [1.29, 1.82) is 0 Å². The summed E-state index contributed by atoms with van der Waals surface area (Å²) in [7, 11) is 2.06. The second kappa shape index (κ2) is 32.5. The lowest BCUT2D eigenvalue weighted by molar-refractivity contribution is -0.247. The molecule has 1 amide bonds. The molecule has 3 aromatic carbocycles. The van der Waals surface area contributed by atoms with Crippen molar-refractivity contribution in [2.45, 2.75) is 124 Å². The number of amides is 1. The van der Waals surface area contributed by atoms with Crippen molar-refractivity contribution in [3.8, 4) is 11.5 Å². The zero-order valence-corrected chi connectivity index (χ0v) is 45.4. The van der Waals surface area contributed by atoms with Gasteiger partial charge in [0.25, 0.3) is 8.53 Å². The molecule has 3 aromatic rings. The Bertz CT molecular complexity index is 1850. The highest BCUT2D eigenvalue weighted by Gasteiger charge is 2.43. The summed E-state index contributed by atoms with van der Waals surface area (Å²) in [4.78, 5) is 23.4. The molecule has 71 heavy (non-hydrogen) atoms. The number of esters is 1. The van der Waals surface area contributed by atoms with Crippen molar-refractivity contribution in [2.24, 2.45) is 17.8 Å². The zero-order chi connectivity index (χ0) is 51.6. The second-order valence-corrected chi connectivity index (χ2v) is 20.2. The van der Waals surface area contributed by atoms with E-state index in [9.17, 15) is 9.59 Å². The molecule has 16 heteroatoms. The number of nitrogens with one attached hydrogen (secondary N) is 2. The lowest BCUT2D eigenvalue weighted by Gasteiger charge is -2.44. The van der Waals surface area contributed by atoms with Gasteiger partial charge in [-0.15, -0.1) is 0 Å². The summed E-state index contributed by atoms with van der Waals surface area (Å²) in [5, 5.41) is 6.51. The standard InChI is InChI=1S/C55H86N3O12P/c1-12-31-68-71(58(40(2)3)41(4)5)69-38-46(37-67-55(47-19-14-13-15-20-47,48-21-25-50(61-10)26-22-48)49-23-27-51(62-11)28-24-49)18-16-17-29-56-30-32-63-33-34-64-35-36-65-54-53(57-44(8)59)43(7)42(6)52(70-54)39-66-45(9)60/h13-15,19-28,40-43,46,52-54,56H,12,16-18,29-39H2,1-11H3,(H,57,59). The van der Waals surface area contributed by atoms with Gasteiger partial charge in [-0.05, 0) is 106 Å². The van der Waals surface area contributed by atoms with Gasteiger partial charge in [0, 0.05) is 38.4 Å². The maximum Gasteiger partial charge on any atom is 0.302 e. The van der Waals surface area contributed by atoms with E-state index in [4.69, 9.17) is 46.9 Å². The molecule has 7 atom stereocenters. The van der Waals surface area contributed by atoms with Crippen LogP contribution in [0.3, 0.4) is 0 Å². The van der Waals surface area contributed by atoms with E-state index in [1.165, 1.54) is 13.8 Å². The van der Waals surface area contributed by atoms with E-state index in [0.29, 0.717) is 46.2 Å². The highest BCUT2D eigenvalue weighted by atomic mass is 31.2.